The van der Waals surface area contributed by atoms with Gasteiger partial charge in [-0.25, -0.2) is 9.67 Å². The molecule has 2 aromatic heterocycles. The largest absolute Gasteiger partial charge is 0.239 e. The van der Waals surface area contributed by atoms with Gasteiger partial charge >= 0.3 is 0 Å². The quantitative estimate of drug-likeness (QED) is 0.595. The van der Waals surface area contributed by atoms with Crippen molar-refractivity contribution in [3.05, 3.63) is 42.7 Å². The molecule has 0 spiro atoms. The molecule has 2 rings (SSSR count). The fraction of sp³-hybridized carbons (Fsp3) is 0. The van der Waals surface area contributed by atoms with Crippen molar-refractivity contribution >= 4 is 0 Å². The highest BCUT2D eigenvalue weighted by molar-refractivity contribution is 5.26. The van der Waals surface area contributed by atoms with Gasteiger partial charge in [0.05, 0.1) is 11.9 Å². The predicted octanol–water partition coefficient (Wildman–Crippen LogP) is 1.41. The molecule has 0 saturated heterocycles. The molecule has 12 heavy (non-hydrogen) atoms. The summed E-state index contributed by atoms with van der Waals surface area (Å²) in [6.45, 7) is 0. The lowest BCUT2D eigenvalue weighted by Gasteiger charge is -1.98. The van der Waals surface area contributed by atoms with Gasteiger partial charge in [-0.2, -0.15) is 9.49 Å². The van der Waals surface area contributed by atoms with Crippen LogP contribution in [0.25, 0.3) is 5.69 Å². The van der Waals surface area contributed by atoms with Crippen LogP contribution in [0.5, 0.6) is 0 Å². The van der Waals surface area contributed by atoms with Gasteiger partial charge in [-0.3, -0.25) is 0 Å². The normalized spacial score (nSPS) is 10.1. The first kappa shape index (κ1) is 6.97. The van der Waals surface area contributed by atoms with Crippen molar-refractivity contribution in [3.63, 3.8) is 0 Å². The molecule has 0 fully saturated rings. The van der Waals surface area contributed by atoms with E-state index >= 15 is 0 Å². The van der Waals surface area contributed by atoms with Gasteiger partial charge in [-0.05, 0) is 18.2 Å². The second-order valence-corrected chi connectivity index (χ2v) is 2.29. The van der Waals surface area contributed by atoms with Crippen molar-refractivity contribution in [2.45, 2.75) is 0 Å². The molecular formula is C8H6FN3. The SMILES string of the molecule is Fc1ccc(-n2cccn2)cn1. The predicted molar refractivity (Wildman–Crippen MR) is 41.3 cm³/mol. The first-order valence-corrected chi connectivity index (χ1v) is 3.48. The number of hydrogen-bond acceptors (Lipinski definition) is 2. The summed E-state index contributed by atoms with van der Waals surface area (Å²) in [5.74, 6) is -0.481. The van der Waals surface area contributed by atoms with Gasteiger partial charge in [0.1, 0.15) is 0 Å². The minimum absolute atomic E-state index is 0.481. The zero-order valence-electron chi connectivity index (χ0n) is 6.18. The number of halogens is 1. The number of rotatable bonds is 1. The number of hydrogen-bond donors (Lipinski definition) is 0. The standard InChI is InChI=1S/C8H6FN3/c9-8-3-2-7(6-10-8)12-5-1-4-11-12/h1-6H. The highest BCUT2D eigenvalue weighted by Crippen LogP contribution is 2.03. The summed E-state index contributed by atoms with van der Waals surface area (Å²) in [5, 5.41) is 3.97. The number of nitrogens with zero attached hydrogens (tertiary/aromatic N) is 3. The van der Waals surface area contributed by atoms with Crippen LogP contribution < -0.4 is 0 Å². The molecule has 0 atom stereocenters. The Morgan fingerprint density at radius 2 is 2.25 bits per heavy atom. The fourth-order valence-electron chi connectivity index (χ4n) is 0.925. The Labute approximate surface area is 68.5 Å². The molecule has 0 unspecified atom stereocenters. The van der Waals surface area contributed by atoms with E-state index in [9.17, 15) is 4.39 Å². The lowest BCUT2D eigenvalue weighted by Crippen LogP contribution is -1.95. The Bertz CT molecular complexity index is 352. The highest BCUT2D eigenvalue weighted by atomic mass is 19.1. The lowest BCUT2D eigenvalue weighted by molar-refractivity contribution is 0.582. The summed E-state index contributed by atoms with van der Waals surface area (Å²) in [6, 6.07) is 4.72. The first-order valence-electron chi connectivity index (χ1n) is 3.48. The van der Waals surface area contributed by atoms with Gasteiger partial charge in [0.25, 0.3) is 0 Å². The van der Waals surface area contributed by atoms with E-state index in [1.807, 2.05) is 0 Å². The zero-order valence-corrected chi connectivity index (χ0v) is 6.18. The molecule has 0 N–H and O–H groups in total. The molecule has 3 nitrogen and oxygen atoms in total. The first-order chi connectivity index (χ1) is 5.86. The van der Waals surface area contributed by atoms with Crippen molar-refractivity contribution in [1.29, 1.82) is 0 Å². The highest BCUT2D eigenvalue weighted by Gasteiger charge is 1.95. The van der Waals surface area contributed by atoms with Gasteiger partial charge in [0.15, 0.2) is 0 Å². The van der Waals surface area contributed by atoms with Crippen LogP contribution in [0, 0.1) is 5.95 Å². The molecule has 4 heteroatoms. The van der Waals surface area contributed by atoms with Crippen LogP contribution in [0.1, 0.15) is 0 Å². The van der Waals surface area contributed by atoms with Crippen molar-refractivity contribution in [1.82, 2.24) is 14.8 Å². The number of aromatic nitrogens is 3. The molecule has 0 bridgehead atoms. The summed E-state index contributed by atoms with van der Waals surface area (Å²) < 4.78 is 14.0. The average molecular weight is 163 g/mol. The minimum atomic E-state index is -0.481. The Kier molecular flexibility index (Phi) is 1.59. The van der Waals surface area contributed by atoms with E-state index in [0.29, 0.717) is 0 Å². The van der Waals surface area contributed by atoms with Crippen molar-refractivity contribution in [3.8, 4) is 5.69 Å². The molecule has 0 aromatic carbocycles. The van der Waals surface area contributed by atoms with E-state index in [-0.39, 0.29) is 0 Å². The van der Waals surface area contributed by atoms with Gasteiger partial charge in [-0.15, -0.1) is 0 Å². The fourth-order valence-corrected chi connectivity index (χ4v) is 0.925. The molecule has 0 amide bonds. The Morgan fingerprint density at radius 3 is 2.83 bits per heavy atom. The van der Waals surface area contributed by atoms with Crippen LogP contribution in [0.3, 0.4) is 0 Å². The van der Waals surface area contributed by atoms with Crippen LogP contribution >= 0.6 is 0 Å². The number of pyridine rings is 1. The second kappa shape index (κ2) is 2.73. The van der Waals surface area contributed by atoms with Crippen molar-refractivity contribution < 1.29 is 4.39 Å². The molecule has 0 aliphatic rings. The lowest BCUT2D eigenvalue weighted by atomic mass is 10.4. The van der Waals surface area contributed by atoms with Crippen LogP contribution in [-0.4, -0.2) is 14.8 Å². The third kappa shape index (κ3) is 1.18. The van der Waals surface area contributed by atoms with E-state index < -0.39 is 5.95 Å². The molecule has 2 aromatic rings. The summed E-state index contributed by atoms with van der Waals surface area (Å²) in [6.07, 6.45) is 4.86. The third-order valence-corrected chi connectivity index (χ3v) is 1.48. The average Bonchev–Trinajstić information content (AvgIpc) is 2.58. The summed E-state index contributed by atoms with van der Waals surface area (Å²) in [7, 11) is 0. The maximum atomic E-state index is 12.4. The zero-order chi connectivity index (χ0) is 8.39. The van der Waals surface area contributed by atoms with Crippen LogP contribution in [0.4, 0.5) is 4.39 Å². The monoisotopic (exact) mass is 163 g/mol. The van der Waals surface area contributed by atoms with E-state index in [2.05, 4.69) is 10.1 Å². The Morgan fingerprint density at radius 1 is 1.33 bits per heavy atom. The van der Waals surface area contributed by atoms with Gasteiger partial charge in [0, 0.05) is 12.4 Å². The maximum Gasteiger partial charge on any atom is 0.212 e. The molecule has 0 saturated carbocycles. The molecule has 0 radical (unpaired) electrons. The van der Waals surface area contributed by atoms with Gasteiger partial charge < -0.3 is 0 Å². The van der Waals surface area contributed by atoms with E-state index in [4.69, 9.17) is 0 Å². The molecule has 0 aliphatic carbocycles. The smallest absolute Gasteiger partial charge is 0.212 e. The van der Waals surface area contributed by atoms with Gasteiger partial charge in [-0.1, -0.05) is 0 Å². The Hall–Kier alpha value is -1.71. The molecule has 0 aliphatic heterocycles. The van der Waals surface area contributed by atoms with E-state index in [1.165, 1.54) is 12.3 Å². The van der Waals surface area contributed by atoms with E-state index in [0.717, 1.165) is 5.69 Å². The molecule has 60 valence electrons. The Balaban J connectivity index is 2.43. The van der Waals surface area contributed by atoms with Crippen molar-refractivity contribution in [2.75, 3.05) is 0 Å². The maximum absolute atomic E-state index is 12.4. The van der Waals surface area contributed by atoms with Crippen molar-refractivity contribution in [2.24, 2.45) is 0 Å². The van der Waals surface area contributed by atoms with Crippen LogP contribution in [0.15, 0.2) is 36.8 Å². The minimum Gasteiger partial charge on any atom is -0.239 e. The van der Waals surface area contributed by atoms with E-state index in [1.54, 1.807) is 29.2 Å². The second-order valence-electron chi connectivity index (χ2n) is 2.29. The van der Waals surface area contributed by atoms with Crippen LogP contribution in [0.2, 0.25) is 0 Å². The summed E-state index contributed by atoms with van der Waals surface area (Å²) >= 11 is 0. The van der Waals surface area contributed by atoms with Gasteiger partial charge in [0.2, 0.25) is 5.95 Å². The summed E-state index contributed by atoms with van der Waals surface area (Å²) in [4.78, 5) is 3.51. The third-order valence-electron chi connectivity index (χ3n) is 1.48. The van der Waals surface area contributed by atoms with Crippen LogP contribution in [-0.2, 0) is 0 Å². The molecule has 2 heterocycles. The topological polar surface area (TPSA) is 30.7 Å². The summed E-state index contributed by atoms with van der Waals surface area (Å²) in [5.41, 5.74) is 0.751. The molecular weight excluding hydrogens is 157 g/mol.